The maximum atomic E-state index is 11.4. The van der Waals surface area contributed by atoms with Crippen LogP contribution in [0.1, 0.15) is 128 Å². The average molecular weight is 816 g/mol. The first-order valence-corrected chi connectivity index (χ1v) is 20.4. The first-order chi connectivity index (χ1) is 34.5. The van der Waals surface area contributed by atoms with Gasteiger partial charge in [-0.2, -0.15) is 0 Å². The second-order valence-corrected chi connectivity index (χ2v) is 17.3. The summed E-state index contributed by atoms with van der Waals surface area (Å²) in [6.45, 7) is 0.522. The maximum Gasteiger partial charge on any atom is 0.149 e. The lowest BCUT2D eigenvalue weighted by atomic mass is 9.83. The van der Waals surface area contributed by atoms with Crippen LogP contribution in [0, 0.1) is 6.85 Å². The molecule has 2 heterocycles. The molecule has 0 saturated heterocycles. The van der Waals surface area contributed by atoms with Gasteiger partial charge in [0.05, 0.1) is 28.0 Å². The van der Waals surface area contributed by atoms with Crippen molar-refractivity contribution in [3.8, 4) is 67.5 Å². The summed E-state index contributed by atoms with van der Waals surface area (Å²) in [5, 5.41) is 11.4. The van der Waals surface area contributed by atoms with Gasteiger partial charge in [0.15, 0.2) is 0 Å². The molecule has 8 aromatic rings. The van der Waals surface area contributed by atoms with E-state index in [4.69, 9.17) is 29.2 Å². The molecule has 4 nitrogen and oxygen atoms in total. The van der Waals surface area contributed by atoms with Crippen LogP contribution < -0.4 is 0 Å². The lowest BCUT2D eigenvalue weighted by molar-refractivity contribution is 0.477. The second kappa shape index (κ2) is 16.0. The Balaban J connectivity index is 1.31. The van der Waals surface area contributed by atoms with Gasteiger partial charge in [-0.3, -0.25) is 9.55 Å². The molecule has 0 aliphatic carbocycles. The fraction of sp³-hybridized carbons (Fsp3) is 0.263. The third kappa shape index (κ3) is 8.29. The van der Waals surface area contributed by atoms with E-state index in [2.05, 4.69) is 26.8 Å². The van der Waals surface area contributed by atoms with Crippen molar-refractivity contribution in [1.82, 2.24) is 14.5 Å². The number of rotatable bonds is 8. The van der Waals surface area contributed by atoms with Gasteiger partial charge in [0.25, 0.3) is 0 Å². The van der Waals surface area contributed by atoms with Crippen LogP contribution in [-0.2, 0) is 10.8 Å². The standard InChI is InChI=1S/C57H59N3O/c1-35(2)41-28-42(36(3)4)30-43(29-41)39-21-24-51(37(5)27-39)60-52-17-14-16-48(54(52)59-55(60)49-15-12-13-18-53(49)61)44-31-45(33-47(32-44)57(9,10)11)50-34-40(25-26-58-50)38-19-22-46(23-20-38)56(6,7)8/h12-36,61H,1-11H3/i5D3,6D3,7D3,8D3,35D,36D. The molecule has 6 aromatic carbocycles. The molecule has 308 valence electrons. The molecule has 61 heavy (non-hydrogen) atoms. The number of benzene rings is 6. The predicted molar refractivity (Wildman–Crippen MR) is 258 cm³/mol. The highest BCUT2D eigenvalue weighted by atomic mass is 16.3. The number of nitrogens with zero attached hydrogens (tertiary/aromatic N) is 3. The van der Waals surface area contributed by atoms with Crippen molar-refractivity contribution in [3.05, 3.63) is 167 Å². The van der Waals surface area contributed by atoms with Gasteiger partial charge >= 0.3 is 0 Å². The number of imidazole rings is 1. The minimum Gasteiger partial charge on any atom is -0.507 e. The molecule has 0 fully saturated rings. The monoisotopic (exact) mass is 816 g/mol. The van der Waals surface area contributed by atoms with Gasteiger partial charge in [0.2, 0.25) is 0 Å². The largest absolute Gasteiger partial charge is 0.507 e. The van der Waals surface area contributed by atoms with E-state index >= 15 is 0 Å². The molecule has 1 N–H and O–H groups in total. The highest BCUT2D eigenvalue weighted by Crippen LogP contribution is 2.41. The summed E-state index contributed by atoms with van der Waals surface area (Å²) in [6.07, 6.45) is 1.62. The number of fused-ring (bicyclic) bond motifs is 1. The number of phenols is 1. The van der Waals surface area contributed by atoms with Crippen molar-refractivity contribution in [3.63, 3.8) is 0 Å². The highest BCUT2D eigenvalue weighted by molar-refractivity contribution is 5.97. The quantitative estimate of drug-likeness (QED) is 0.166. The summed E-state index contributed by atoms with van der Waals surface area (Å²) >= 11 is 0. The molecule has 4 heteroatoms. The topological polar surface area (TPSA) is 50.9 Å². The van der Waals surface area contributed by atoms with Crippen LogP contribution in [-0.4, -0.2) is 19.6 Å². The first kappa shape index (κ1) is 27.6. The third-order valence-corrected chi connectivity index (χ3v) is 11.3. The van der Waals surface area contributed by atoms with Crippen LogP contribution in [0.3, 0.4) is 0 Å². The van der Waals surface area contributed by atoms with Gasteiger partial charge in [0.1, 0.15) is 11.6 Å². The number of pyridine rings is 1. The summed E-state index contributed by atoms with van der Waals surface area (Å²) in [7, 11) is 0. The SMILES string of the molecule is [2H]C([2H])([2H])c1cc(-c2cc(C([2H])(C)C)cc(C([2H])(C)C)c2)ccc1-n1c(-c2ccccc2O)nc2c(-c3cc(-c4cc(-c5ccc(C(C([2H])([2H])[2H])(C([2H])([2H])[2H])C([2H])([2H])[2H])cc5)ccn4)cc(C(C)(C)C)c3)cccc21. The van der Waals surface area contributed by atoms with Crippen molar-refractivity contribution in [1.29, 1.82) is 0 Å². The molecule has 0 spiro atoms. The molecular weight excluding hydrogens is 743 g/mol. The van der Waals surface area contributed by atoms with Crippen LogP contribution in [0.5, 0.6) is 5.75 Å². The molecule has 0 unspecified atom stereocenters. The Morgan fingerprint density at radius 2 is 1.26 bits per heavy atom. The van der Waals surface area contributed by atoms with Gasteiger partial charge in [0, 0.05) is 36.5 Å². The summed E-state index contributed by atoms with van der Waals surface area (Å²) in [4.78, 5) is 10.0. The Bertz CT molecular complexity index is 3390. The fourth-order valence-electron chi connectivity index (χ4n) is 7.75. The van der Waals surface area contributed by atoms with Crippen LogP contribution in [0.25, 0.3) is 72.7 Å². The Labute approximate surface area is 382 Å². The fourth-order valence-corrected chi connectivity index (χ4v) is 7.75. The number of aromatic nitrogens is 3. The summed E-state index contributed by atoms with van der Waals surface area (Å²) in [6, 6.07) is 38.5. The zero-order valence-corrected chi connectivity index (χ0v) is 35.6. The minimum absolute atomic E-state index is 0.0207. The number of para-hydroxylation sites is 2. The minimum atomic E-state index is -3.40. The number of aromatic hydroxyl groups is 1. The number of hydrogen-bond acceptors (Lipinski definition) is 3. The third-order valence-electron chi connectivity index (χ3n) is 11.3. The summed E-state index contributed by atoms with van der Waals surface area (Å²) in [5.74, 6) is -1.76. The summed E-state index contributed by atoms with van der Waals surface area (Å²) in [5.41, 5.74) is 5.48. The lowest BCUT2D eigenvalue weighted by Crippen LogP contribution is -2.11. The average Bonchev–Trinajstić information content (AvgIpc) is 3.68. The van der Waals surface area contributed by atoms with Gasteiger partial charge < -0.3 is 5.11 Å². The summed E-state index contributed by atoms with van der Waals surface area (Å²) < 4.78 is 120. The molecule has 0 aliphatic rings. The van der Waals surface area contributed by atoms with Gasteiger partial charge in [-0.25, -0.2) is 4.98 Å². The number of aryl methyl sites for hydroxylation is 1. The van der Waals surface area contributed by atoms with Crippen LogP contribution in [0.2, 0.25) is 0 Å². The maximum absolute atomic E-state index is 11.4. The van der Waals surface area contributed by atoms with Gasteiger partial charge in [-0.05, 0) is 140 Å². The zero-order valence-electron chi connectivity index (χ0n) is 49.6. The van der Waals surface area contributed by atoms with Crippen molar-refractivity contribution >= 4 is 11.0 Å². The molecule has 0 bridgehead atoms. The Hall–Kier alpha value is -6.26. The predicted octanol–water partition coefficient (Wildman–Crippen LogP) is 15.6. The van der Waals surface area contributed by atoms with Crippen molar-refractivity contribution in [2.24, 2.45) is 0 Å². The van der Waals surface area contributed by atoms with E-state index in [9.17, 15) is 5.11 Å². The van der Waals surface area contributed by atoms with E-state index < -0.39 is 44.6 Å². The Morgan fingerprint density at radius 3 is 1.93 bits per heavy atom. The molecule has 0 atom stereocenters. The van der Waals surface area contributed by atoms with E-state index in [1.54, 1.807) is 80.9 Å². The Morgan fingerprint density at radius 1 is 0.590 bits per heavy atom. The number of phenolic OH excluding ortho intramolecular Hbond substituents is 1. The molecule has 0 amide bonds. The first-order valence-electron chi connectivity index (χ1n) is 27.4. The van der Waals surface area contributed by atoms with Gasteiger partial charge in [-0.1, -0.05) is 148 Å². The Kier molecular flexibility index (Phi) is 7.22. The van der Waals surface area contributed by atoms with E-state index in [1.165, 1.54) is 24.3 Å². The van der Waals surface area contributed by atoms with E-state index in [-0.39, 0.29) is 22.3 Å². The molecule has 0 aliphatic heterocycles. The normalized spacial score (nSPS) is 16.8. The van der Waals surface area contributed by atoms with E-state index in [0.29, 0.717) is 72.7 Å². The van der Waals surface area contributed by atoms with Crippen molar-refractivity contribution in [2.75, 3.05) is 0 Å². The second-order valence-electron chi connectivity index (χ2n) is 17.3. The molecule has 8 rings (SSSR count). The molecule has 0 saturated carbocycles. The van der Waals surface area contributed by atoms with Gasteiger partial charge in [-0.15, -0.1) is 0 Å². The molecule has 0 radical (unpaired) electrons. The van der Waals surface area contributed by atoms with Crippen LogP contribution in [0.15, 0.2) is 140 Å². The van der Waals surface area contributed by atoms with Crippen LogP contribution in [0.4, 0.5) is 0 Å². The van der Waals surface area contributed by atoms with E-state index in [0.717, 1.165) is 16.7 Å². The van der Waals surface area contributed by atoms with Crippen molar-refractivity contribution in [2.45, 2.75) is 98.5 Å². The van der Waals surface area contributed by atoms with Crippen molar-refractivity contribution < 1.29 is 24.3 Å². The number of hydrogen-bond donors (Lipinski definition) is 1. The van der Waals surface area contributed by atoms with E-state index in [1.807, 2.05) is 60.7 Å². The zero-order chi connectivity index (χ0) is 55.2. The van der Waals surface area contributed by atoms with Crippen LogP contribution >= 0.6 is 0 Å². The molecular formula is C57H59N3O. The molecule has 2 aromatic heterocycles. The lowest BCUT2D eigenvalue weighted by Gasteiger charge is -2.22. The smallest absolute Gasteiger partial charge is 0.149 e. The highest BCUT2D eigenvalue weighted by Gasteiger charge is 2.23.